The van der Waals surface area contributed by atoms with Crippen molar-refractivity contribution in [2.75, 3.05) is 33.4 Å². The molecule has 1 heterocycles. The highest BCUT2D eigenvalue weighted by atomic mass is 79.9. The Hall–Kier alpha value is -1.70. The van der Waals surface area contributed by atoms with E-state index in [0.29, 0.717) is 31.3 Å². The topological polar surface area (TPSA) is 30.9 Å². The fourth-order valence-electron chi connectivity index (χ4n) is 2.67. The molecule has 1 fully saturated rings. The fraction of sp³-hybridized carbons (Fsp3) is 0.316. The van der Waals surface area contributed by atoms with E-state index in [1.165, 1.54) is 12.1 Å². The van der Waals surface area contributed by atoms with Crippen molar-refractivity contribution in [2.24, 2.45) is 0 Å². The monoisotopic (exact) mass is 439 g/mol. The number of rotatable bonds is 5. The van der Waals surface area contributed by atoms with Crippen LogP contribution in [0.1, 0.15) is 11.1 Å². The molecule has 3 rings (SSSR count). The maximum Gasteiger partial charge on any atom is 0.175 e. The van der Waals surface area contributed by atoms with E-state index in [1.54, 1.807) is 19.2 Å². The zero-order valence-electron chi connectivity index (χ0n) is 14.3. The fourth-order valence-corrected chi connectivity index (χ4v) is 3.53. The standard InChI is InChI=1S/C19H19BrFNO3S/c1-23-17-11-14(19(26)22-6-8-24-9-7-22)10-16(20)18(17)25-12-13-2-4-15(21)5-3-13/h2-5,10-11H,6-9,12H2,1H3. The summed E-state index contributed by atoms with van der Waals surface area (Å²) in [6.45, 7) is 3.22. The Labute approximate surface area is 166 Å². The van der Waals surface area contributed by atoms with E-state index in [2.05, 4.69) is 20.8 Å². The van der Waals surface area contributed by atoms with Crippen LogP contribution >= 0.6 is 28.1 Å². The predicted octanol–water partition coefficient (Wildman–Crippen LogP) is 4.18. The minimum atomic E-state index is -0.270. The molecule has 0 atom stereocenters. The van der Waals surface area contributed by atoms with Crippen LogP contribution < -0.4 is 9.47 Å². The van der Waals surface area contributed by atoms with Gasteiger partial charge in [-0.15, -0.1) is 0 Å². The van der Waals surface area contributed by atoms with Gasteiger partial charge in [0.25, 0.3) is 0 Å². The highest BCUT2D eigenvalue weighted by molar-refractivity contribution is 9.10. The molecule has 2 aromatic carbocycles. The number of ether oxygens (including phenoxy) is 3. The van der Waals surface area contributed by atoms with Gasteiger partial charge in [-0.3, -0.25) is 0 Å². The van der Waals surface area contributed by atoms with Gasteiger partial charge in [-0.05, 0) is 45.8 Å². The van der Waals surface area contributed by atoms with Crippen LogP contribution in [0.2, 0.25) is 0 Å². The summed E-state index contributed by atoms with van der Waals surface area (Å²) in [6, 6.07) is 10.0. The molecule has 0 unspecified atom stereocenters. The summed E-state index contributed by atoms with van der Waals surface area (Å²) in [7, 11) is 1.59. The van der Waals surface area contributed by atoms with Gasteiger partial charge in [-0.25, -0.2) is 4.39 Å². The average Bonchev–Trinajstić information content (AvgIpc) is 2.68. The minimum absolute atomic E-state index is 0.270. The Morgan fingerprint density at radius 2 is 1.92 bits per heavy atom. The Morgan fingerprint density at radius 1 is 1.23 bits per heavy atom. The molecule has 0 radical (unpaired) electrons. The normalized spacial score (nSPS) is 14.2. The lowest BCUT2D eigenvalue weighted by atomic mass is 10.1. The lowest BCUT2D eigenvalue weighted by molar-refractivity contribution is 0.0693. The molecule has 0 spiro atoms. The molecule has 0 bridgehead atoms. The third-order valence-electron chi connectivity index (χ3n) is 4.07. The van der Waals surface area contributed by atoms with Gasteiger partial charge < -0.3 is 19.1 Å². The van der Waals surface area contributed by atoms with E-state index in [4.69, 9.17) is 26.4 Å². The summed E-state index contributed by atoms with van der Waals surface area (Å²) in [5.41, 5.74) is 1.76. The number of methoxy groups -OCH3 is 1. The average molecular weight is 440 g/mol. The van der Waals surface area contributed by atoms with Crippen LogP contribution in [0.4, 0.5) is 4.39 Å². The Balaban J connectivity index is 1.78. The molecule has 26 heavy (non-hydrogen) atoms. The highest BCUT2D eigenvalue weighted by Gasteiger charge is 2.19. The highest BCUT2D eigenvalue weighted by Crippen LogP contribution is 2.37. The first-order chi connectivity index (χ1) is 12.6. The molecule has 1 aliphatic rings. The lowest BCUT2D eigenvalue weighted by Gasteiger charge is -2.29. The smallest absolute Gasteiger partial charge is 0.175 e. The van der Waals surface area contributed by atoms with Crippen molar-refractivity contribution in [1.82, 2.24) is 4.90 Å². The molecule has 0 amide bonds. The number of halogens is 2. The second-order valence-corrected chi connectivity index (χ2v) is 7.05. The molecular formula is C19H19BrFNO3S. The zero-order chi connectivity index (χ0) is 18.5. The van der Waals surface area contributed by atoms with Gasteiger partial charge in [0.15, 0.2) is 11.5 Å². The molecule has 2 aromatic rings. The van der Waals surface area contributed by atoms with Crippen molar-refractivity contribution in [3.05, 3.63) is 57.8 Å². The number of nitrogens with zero attached hydrogens (tertiary/aromatic N) is 1. The van der Waals surface area contributed by atoms with E-state index in [-0.39, 0.29) is 5.82 Å². The number of hydrogen-bond donors (Lipinski definition) is 0. The molecule has 0 N–H and O–H groups in total. The summed E-state index contributed by atoms with van der Waals surface area (Å²) < 4.78 is 30.5. The first-order valence-electron chi connectivity index (χ1n) is 8.20. The maximum absolute atomic E-state index is 13.0. The Morgan fingerprint density at radius 3 is 2.58 bits per heavy atom. The molecule has 4 nitrogen and oxygen atoms in total. The van der Waals surface area contributed by atoms with Crippen molar-refractivity contribution >= 4 is 33.1 Å². The van der Waals surface area contributed by atoms with Crippen molar-refractivity contribution in [1.29, 1.82) is 0 Å². The maximum atomic E-state index is 13.0. The van der Waals surface area contributed by atoms with Gasteiger partial charge in [0, 0.05) is 18.7 Å². The van der Waals surface area contributed by atoms with Crippen molar-refractivity contribution in [2.45, 2.75) is 6.61 Å². The molecule has 1 aliphatic heterocycles. The van der Waals surface area contributed by atoms with E-state index in [1.807, 2.05) is 12.1 Å². The van der Waals surface area contributed by atoms with E-state index in [0.717, 1.165) is 33.7 Å². The van der Waals surface area contributed by atoms with Crippen LogP contribution in [-0.2, 0) is 11.3 Å². The van der Waals surface area contributed by atoms with Crippen molar-refractivity contribution in [3.63, 3.8) is 0 Å². The first-order valence-corrected chi connectivity index (χ1v) is 9.40. The van der Waals surface area contributed by atoms with Gasteiger partial charge in [0.05, 0.1) is 24.8 Å². The van der Waals surface area contributed by atoms with Crippen LogP contribution in [0, 0.1) is 5.82 Å². The zero-order valence-corrected chi connectivity index (χ0v) is 16.7. The van der Waals surface area contributed by atoms with Crippen molar-refractivity contribution in [3.8, 4) is 11.5 Å². The van der Waals surface area contributed by atoms with E-state index >= 15 is 0 Å². The van der Waals surface area contributed by atoms with Gasteiger partial charge in [-0.1, -0.05) is 24.4 Å². The van der Waals surface area contributed by atoms with Gasteiger partial charge in [0.2, 0.25) is 0 Å². The van der Waals surface area contributed by atoms with E-state index < -0.39 is 0 Å². The third kappa shape index (κ3) is 4.52. The van der Waals surface area contributed by atoms with Crippen LogP contribution in [0.5, 0.6) is 11.5 Å². The molecule has 138 valence electrons. The van der Waals surface area contributed by atoms with Crippen LogP contribution in [0.3, 0.4) is 0 Å². The Bertz CT molecular complexity index is 779. The van der Waals surface area contributed by atoms with Gasteiger partial charge in [0.1, 0.15) is 17.4 Å². The summed E-state index contributed by atoms with van der Waals surface area (Å²) in [4.78, 5) is 2.89. The van der Waals surface area contributed by atoms with Crippen LogP contribution in [-0.4, -0.2) is 43.3 Å². The quantitative estimate of drug-likeness (QED) is 0.652. The molecule has 1 saturated heterocycles. The molecule has 0 aliphatic carbocycles. The molecule has 7 heteroatoms. The number of hydrogen-bond acceptors (Lipinski definition) is 4. The predicted molar refractivity (Wildman–Crippen MR) is 106 cm³/mol. The SMILES string of the molecule is COc1cc(C(=S)N2CCOCC2)cc(Br)c1OCc1ccc(F)cc1. The van der Waals surface area contributed by atoms with Crippen LogP contribution in [0.25, 0.3) is 0 Å². The van der Waals surface area contributed by atoms with Gasteiger partial charge >= 0.3 is 0 Å². The van der Waals surface area contributed by atoms with E-state index in [9.17, 15) is 4.39 Å². The summed E-state index contributed by atoms with van der Waals surface area (Å²) in [5.74, 6) is 0.908. The minimum Gasteiger partial charge on any atom is -0.493 e. The summed E-state index contributed by atoms with van der Waals surface area (Å²) in [5, 5.41) is 0. The van der Waals surface area contributed by atoms with Gasteiger partial charge in [-0.2, -0.15) is 0 Å². The summed E-state index contributed by atoms with van der Waals surface area (Å²) >= 11 is 9.17. The van der Waals surface area contributed by atoms with Crippen LogP contribution in [0.15, 0.2) is 40.9 Å². The third-order valence-corrected chi connectivity index (χ3v) is 5.15. The second kappa shape index (κ2) is 8.79. The van der Waals surface area contributed by atoms with Crippen molar-refractivity contribution < 1.29 is 18.6 Å². The number of morpholine rings is 1. The Kier molecular flexibility index (Phi) is 6.45. The number of benzene rings is 2. The second-order valence-electron chi connectivity index (χ2n) is 5.81. The summed E-state index contributed by atoms with van der Waals surface area (Å²) in [6.07, 6.45) is 0. The lowest BCUT2D eigenvalue weighted by Crippen LogP contribution is -2.40. The molecular weight excluding hydrogens is 421 g/mol. The molecule has 0 aromatic heterocycles. The first kappa shape index (κ1) is 19.1. The number of thiocarbonyl (C=S) groups is 1. The molecule has 0 saturated carbocycles. The largest absolute Gasteiger partial charge is 0.493 e.